The lowest BCUT2D eigenvalue weighted by molar-refractivity contribution is 0.336. The topological polar surface area (TPSA) is 72.2 Å². The molecule has 0 bridgehead atoms. The second-order valence-electron chi connectivity index (χ2n) is 5.30. The average Bonchev–Trinajstić information content (AvgIpc) is 2.96. The fourth-order valence-electron chi connectivity index (χ4n) is 2.37. The van der Waals surface area contributed by atoms with Crippen LogP contribution in [0.15, 0.2) is 16.3 Å². The van der Waals surface area contributed by atoms with E-state index in [9.17, 15) is 8.42 Å². The van der Waals surface area contributed by atoms with E-state index < -0.39 is 10.0 Å². The van der Waals surface area contributed by atoms with E-state index in [2.05, 4.69) is 11.6 Å². The highest BCUT2D eigenvalue weighted by atomic mass is 32.2. The Morgan fingerprint density at radius 2 is 2.11 bits per heavy atom. The SMILES string of the molecule is CC1(CNS(=O)(=O)c2csc(CN)c2)CCCC1. The third-order valence-electron chi connectivity index (χ3n) is 3.64. The lowest BCUT2D eigenvalue weighted by Gasteiger charge is -2.23. The standard InChI is InChI=1S/C12H20N2O2S2/c1-12(4-2-3-5-12)9-14-18(15,16)11-6-10(7-13)17-8-11/h6,8,14H,2-5,7,9,13H2,1H3. The third-order valence-corrected chi connectivity index (χ3v) is 6.13. The van der Waals surface area contributed by atoms with Gasteiger partial charge in [-0.3, -0.25) is 0 Å². The monoisotopic (exact) mass is 288 g/mol. The van der Waals surface area contributed by atoms with Crippen molar-refractivity contribution >= 4 is 21.4 Å². The van der Waals surface area contributed by atoms with Crippen LogP contribution in [0.1, 0.15) is 37.5 Å². The summed E-state index contributed by atoms with van der Waals surface area (Å²) in [7, 11) is -3.37. The molecule has 18 heavy (non-hydrogen) atoms. The maximum atomic E-state index is 12.1. The smallest absolute Gasteiger partial charge is 0.241 e. The molecule has 6 heteroatoms. The number of hydrogen-bond donors (Lipinski definition) is 2. The van der Waals surface area contributed by atoms with Gasteiger partial charge < -0.3 is 5.73 Å². The van der Waals surface area contributed by atoms with Gasteiger partial charge in [0, 0.05) is 23.3 Å². The highest BCUT2D eigenvalue weighted by Gasteiger charge is 2.30. The van der Waals surface area contributed by atoms with Crippen molar-refractivity contribution in [2.24, 2.45) is 11.1 Å². The van der Waals surface area contributed by atoms with Crippen LogP contribution in [0.25, 0.3) is 0 Å². The summed E-state index contributed by atoms with van der Waals surface area (Å²) < 4.78 is 27.0. The van der Waals surface area contributed by atoms with Crippen molar-refractivity contribution in [3.8, 4) is 0 Å². The maximum absolute atomic E-state index is 12.1. The van der Waals surface area contributed by atoms with Gasteiger partial charge in [0.1, 0.15) is 0 Å². The minimum atomic E-state index is -3.37. The Hall–Kier alpha value is -0.430. The Bertz CT molecular complexity index is 502. The Morgan fingerprint density at radius 1 is 1.44 bits per heavy atom. The summed E-state index contributed by atoms with van der Waals surface area (Å²) >= 11 is 1.39. The Kier molecular flexibility index (Phi) is 4.11. The van der Waals surface area contributed by atoms with E-state index in [0.29, 0.717) is 18.0 Å². The Balaban J connectivity index is 2.03. The summed E-state index contributed by atoms with van der Waals surface area (Å²) in [6.07, 6.45) is 4.61. The molecule has 3 N–H and O–H groups in total. The second-order valence-corrected chi connectivity index (χ2v) is 8.06. The van der Waals surface area contributed by atoms with Crippen LogP contribution < -0.4 is 10.5 Å². The zero-order chi connectivity index (χ0) is 13.2. The van der Waals surface area contributed by atoms with Crippen LogP contribution in [-0.4, -0.2) is 15.0 Å². The number of sulfonamides is 1. The van der Waals surface area contributed by atoms with Crippen LogP contribution >= 0.6 is 11.3 Å². The molecule has 0 radical (unpaired) electrons. The molecule has 0 spiro atoms. The minimum Gasteiger partial charge on any atom is -0.326 e. The Morgan fingerprint density at radius 3 is 2.67 bits per heavy atom. The van der Waals surface area contributed by atoms with E-state index >= 15 is 0 Å². The summed E-state index contributed by atoms with van der Waals surface area (Å²) in [6, 6.07) is 1.66. The molecule has 2 rings (SSSR count). The van der Waals surface area contributed by atoms with E-state index in [4.69, 9.17) is 5.73 Å². The molecule has 0 aliphatic heterocycles. The van der Waals surface area contributed by atoms with Gasteiger partial charge in [0.25, 0.3) is 0 Å². The summed E-state index contributed by atoms with van der Waals surface area (Å²) in [5.41, 5.74) is 5.62. The molecule has 1 aliphatic rings. The fraction of sp³-hybridized carbons (Fsp3) is 0.667. The molecule has 1 fully saturated rings. The second kappa shape index (κ2) is 5.28. The summed E-state index contributed by atoms with van der Waals surface area (Å²) in [5.74, 6) is 0. The van der Waals surface area contributed by atoms with Crippen molar-refractivity contribution in [1.82, 2.24) is 4.72 Å². The number of hydrogen-bond acceptors (Lipinski definition) is 4. The van der Waals surface area contributed by atoms with Gasteiger partial charge in [-0.2, -0.15) is 0 Å². The van der Waals surface area contributed by atoms with Gasteiger partial charge in [-0.1, -0.05) is 19.8 Å². The molecule has 0 unspecified atom stereocenters. The number of nitrogens with two attached hydrogens (primary N) is 1. The molecule has 102 valence electrons. The molecule has 0 aromatic carbocycles. The first-order valence-electron chi connectivity index (χ1n) is 6.22. The molecular weight excluding hydrogens is 268 g/mol. The fourth-order valence-corrected chi connectivity index (χ4v) is 4.72. The maximum Gasteiger partial charge on any atom is 0.241 e. The van der Waals surface area contributed by atoms with Crippen molar-refractivity contribution in [2.75, 3.05) is 6.54 Å². The van der Waals surface area contributed by atoms with Crippen LogP contribution in [0, 0.1) is 5.41 Å². The molecular formula is C12H20N2O2S2. The zero-order valence-electron chi connectivity index (χ0n) is 10.6. The number of rotatable bonds is 5. The lowest BCUT2D eigenvalue weighted by Crippen LogP contribution is -2.33. The molecule has 4 nitrogen and oxygen atoms in total. The van der Waals surface area contributed by atoms with Gasteiger partial charge in [-0.05, 0) is 24.3 Å². The molecule has 0 saturated heterocycles. The minimum absolute atomic E-state index is 0.125. The van der Waals surface area contributed by atoms with Gasteiger partial charge in [-0.15, -0.1) is 11.3 Å². The Labute approximate surface area is 113 Å². The molecule has 1 saturated carbocycles. The molecule has 1 heterocycles. The quantitative estimate of drug-likeness (QED) is 0.871. The van der Waals surface area contributed by atoms with Crippen LogP contribution in [0.3, 0.4) is 0 Å². The van der Waals surface area contributed by atoms with E-state index in [0.717, 1.165) is 17.7 Å². The molecule has 1 aromatic heterocycles. The zero-order valence-corrected chi connectivity index (χ0v) is 12.2. The van der Waals surface area contributed by atoms with E-state index in [1.165, 1.54) is 24.2 Å². The predicted octanol–water partition coefficient (Wildman–Crippen LogP) is 2.07. The van der Waals surface area contributed by atoms with E-state index in [1.807, 2.05) is 0 Å². The van der Waals surface area contributed by atoms with E-state index in [-0.39, 0.29) is 5.41 Å². The molecule has 0 amide bonds. The normalized spacial score (nSPS) is 19.2. The molecule has 1 aromatic rings. The van der Waals surface area contributed by atoms with Crippen molar-refractivity contribution in [3.63, 3.8) is 0 Å². The number of nitrogens with one attached hydrogen (secondary N) is 1. The average molecular weight is 288 g/mol. The first-order valence-corrected chi connectivity index (χ1v) is 8.59. The molecule has 0 atom stereocenters. The van der Waals surface area contributed by atoms with Gasteiger partial charge in [0.05, 0.1) is 4.90 Å². The van der Waals surface area contributed by atoms with Gasteiger partial charge in [0.15, 0.2) is 0 Å². The first kappa shape index (κ1) is 14.0. The first-order chi connectivity index (χ1) is 8.45. The number of thiophene rings is 1. The van der Waals surface area contributed by atoms with Crippen molar-refractivity contribution in [2.45, 2.75) is 44.0 Å². The van der Waals surface area contributed by atoms with Crippen molar-refractivity contribution in [3.05, 3.63) is 16.3 Å². The summed E-state index contributed by atoms with van der Waals surface area (Å²) in [5, 5.41) is 1.65. The van der Waals surface area contributed by atoms with Crippen LogP contribution in [0.5, 0.6) is 0 Å². The van der Waals surface area contributed by atoms with Crippen LogP contribution in [-0.2, 0) is 16.6 Å². The van der Waals surface area contributed by atoms with Gasteiger partial charge >= 0.3 is 0 Å². The lowest BCUT2D eigenvalue weighted by atomic mass is 9.89. The van der Waals surface area contributed by atoms with E-state index in [1.54, 1.807) is 11.4 Å². The van der Waals surface area contributed by atoms with Crippen LogP contribution in [0.2, 0.25) is 0 Å². The largest absolute Gasteiger partial charge is 0.326 e. The van der Waals surface area contributed by atoms with Crippen molar-refractivity contribution < 1.29 is 8.42 Å². The predicted molar refractivity (Wildman–Crippen MR) is 74.0 cm³/mol. The summed E-state index contributed by atoms with van der Waals surface area (Å²) in [6.45, 7) is 3.07. The van der Waals surface area contributed by atoms with Gasteiger partial charge in [0.2, 0.25) is 10.0 Å². The molecule has 1 aliphatic carbocycles. The van der Waals surface area contributed by atoms with Crippen LogP contribution in [0.4, 0.5) is 0 Å². The van der Waals surface area contributed by atoms with Gasteiger partial charge in [-0.25, -0.2) is 13.1 Å². The van der Waals surface area contributed by atoms with Crippen molar-refractivity contribution in [1.29, 1.82) is 0 Å². The highest BCUT2D eigenvalue weighted by molar-refractivity contribution is 7.89. The third kappa shape index (κ3) is 3.12. The summed E-state index contributed by atoms with van der Waals surface area (Å²) in [4.78, 5) is 1.23. The highest BCUT2D eigenvalue weighted by Crippen LogP contribution is 2.37.